The first kappa shape index (κ1) is 16.9. The molecule has 6 nitrogen and oxygen atoms in total. The molecule has 0 spiro atoms. The van der Waals surface area contributed by atoms with Gasteiger partial charge in [-0.1, -0.05) is 6.07 Å². The van der Waals surface area contributed by atoms with Gasteiger partial charge in [0.25, 0.3) is 5.91 Å². The third-order valence-corrected chi connectivity index (χ3v) is 3.94. The van der Waals surface area contributed by atoms with E-state index in [-0.39, 0.29) is 5.56 Å². The summed E-state index contributed by atoms with van der Waals surface area (Å²) in [4.78, 5) is 21.1. The first-order chi connectivity index (χ1) is 12.0. The summed E-state index contributed by atoms with van der Waals surface area (Å²) in [6, 6.07) is 8.15. The third-order valence-electron chi connectivity index (χ3n) is 3.94. The number of hydrogen-bond donors (Lipinski definition) is 3. The maximum Gasteiger partial charge on any atom is 0.251 e. The number of carbonyl (C=O) groups is 1. The lowest BCUT2D eigenvalue weighted by Crippen LogP contribution is -2.21. The Bertz CT molecular complexity index is 919. The van der Waals surface area contributed by atoms with Gasteiger partial charge in [-0.3, -0.25) is 4.79 Å². The summed E-state index contributed by atoms with van der Waals surface area (Å²) < 4.78 is 13.8. The van der Waals surface area contributed by atoms with Crippen LogP contribution in [-0.2, 0) is 0 Å². The highest BCUT2D eigenvalue weighted by Crippen LogP contribution is 2.31. The molecule has 0 radical (unpaired) electrons. The highest BCUT2D eigenvalue weighted by Gasteiger charge is 2.13. The summed E-state index contributed by atoms with van der Waals surface area (Å²) >= 11 is 0. The van der Waals surface area contributed by atoms with E-state index >= 15 is 0 Å². The van der Waals surface area contributed by atoms with Crippen LogP contribution in [0.4, 0.5) is 10.2 Å². The summed E-state index contributed by atoms with van der Waals surface area (Å²) in [5.41, 5.74) is 7.41. The minimum Gasteiger partial charge on any atom is -0.369 e. The van der Waals surface area contributed by atoms with E-state index in [1.54, 1.807) is 12.3 Å². The van der Waals surface area contributed by atoms with Crippen LogP contribution in [0, 0.1) is 5.82 Å². The van der Waals surface area contributed by atoms with E-state index in [2.05, 4.69) is 20.2 Å². The van der Waals surface area contributed by atoms with Crippen molar-refractivity contribution < 1.29 is 9.18 Å². The van der Waals surface area contributed by atoms with Gasteiger partial charge in [-0.05, 0) is 49.5 Å². The molecule has 7 heteroatoms. The van der Waals surface area contributed by atoms with E-state index in [9.17, 15) is 9.18 Å². The van der Waals surface area contributed by atoms with E-state index in [1.165, 1.54) is 12.1 Å². The van der Waals surface area contributed by atoms with Crippen molar-refractivity contribution in [3.8, 4) is 11.1 Å². The van der Waals surface area contributed by atoms with Gasteiger partial charge in [0.1, 0.15) is 17.3 Å². The van der Waals surface area contributed by atoms with Gasteiger partial charge in [0.15, 0.2) is 0 Å². The van der Waals surface area contributed by atoms with E-state index < -0.39 is 11.7 Å². The van der Waals surface area contributed by atoms with Crippen LogP contribution < -0.4 is 11.1 Å². The average Bonchev–Trinajstić information content (AvgIpc) is 3.02. The fraction of sp³-hybridized carbons (Fsp3) is 0.222. The SMILES string of the molecule is CN(C)CCNc1cc(-c2ccc(F)c(C(N)=O)c2)c2cc[nH]c2n1. The van der Waals surface area contributed by atoms with Gasteiger partial charge >= 0.3 is 0 Å². The maximum absolute atomic E-state index is 13.8. The normalized spacial score (nSPS) is 11.2. The van der Waals surface area contributed by atoms with Gasteiger partial charge in [-0.15, -0.1) is 0 Å². The van der Waals surface area contributed by atoms with Crippen LogP contribution in [0.25, 0.3) is 22.2 Å². The molecule has 0 aliphatic heterocycles. The first-order valence-electron chi connectivity index (χ1n) is 7.92. The Labute approximate surface area is 144 Å². The summed E-state index contributed by atoms with van der Waals surface area (Å²) in [5, 5.41) is 4.17. The van der Waals surface area contributed by atoms with Crippen LogP contribution in [0.1, 0.15) is 10.4 Å². The molecule has 1 aromatic carbocycles. The second-order valence-electron chi connectivity index (χ2n) is 6.08. The number of likely N-dealkylation sites (N-methyl/N-ethyl adjacent to an activating group) is 1. The number of aromatic amines is 1. The van der Waals surface area contributed by atoms with Crippen LogP contribution in [0.2, 0.25) is 0 Å². The van der Waals surface area contributed by atoms with Crippen LogP contribution in [0.3, 0.4) is 0 Å². The summed E-state index contributed by atoms with van der Waals surface area (Å²) in [6.45, 7) is 1.60. The van der Waals surface area contributed by atoms with Crippen molar-refractivity contribution in [2.75, 3.05) is 32.5 Å². The zero-order valence-electron chi connectivity index (χ0n) is 14.1. The molecule has 0 aliphatic rings. The quantitative estimate of drug-likeness (QED) is 0.643. The van der Waals surface area contributed by atoms with Gasteiger partial charge in [-0.25, -0.2) is 9.37 Å². The molecule has 0 aliphatic carbocycles. The predicted molar refractivity (Wildman–Crippen MR) is 97.0 cm³/mol. The molecule has 1 amide bonds. The Morgan fingerprint density at radius 1 is 1.32 bits per heavy atom. The highest BCUT2D eigenvalue weighted by atomic mass is 19.1. The van der Waals surface area contributed by atoms with E-state index in [1.807, 2.05) is 26.2 Å². The number of hydrogen-bond acceptors (Lipinski definition) is 4. The lowest BCUT2D eigenvalue weighted by Gasteiger charge is -2.13. The van der Waals surface area contributed by atoms with Gasteiger partial charge in [0, 0.05) is 24.7 Å². The van der Waals surface area contributed by atoms with Gasteiger partial charge < -0.3 is 20.9 Å². The van der Waals surface area contributed by atoms with Crippen LogP contribution in [0.15, 0.2) is 36.5 Å². The van der Waals surface area contributed by atoms with Crippen molar-refractivity contribution in [2.24, 2.45) is 5.73 Å². The number of rotatable bonds is 6. The monoisotopic (exact) mass is 341 g/mol. The number of halogens is 1. The van der Waals surface area contributed by atoms with Gasteiger partial charge in [0.2, 0.25) is 0 Å². The van der Waals surface area contributed by atoms with Gasteiger partial charge in [-0.2, -0.15) is 0 Å². The Morgan fingerprint density at radius 2 is 2.12 bits per heavy atom. The van der Waals surface area contributed by atoms with Crippen LogP contribution >= 0.6 is 0 Å². The van der Waals surface area contributed by atoms with Crippen LogP contribution in [0.5, 0.6) is 0 Å². The molecule has 0 bridgehead atoms. The molecule has 0 saturated carbocycles. The molecule has 0 saturated heterocycles. The fourth-order valence-electron chi connectivity index (χ4n) is 2.66. The number of H-pyrrole nitrogens is 1. The first-order valence-corrected chi connectivity index (χ1v) is 7.92. The zero-order valence-corrected chi connectivity index (χ0v) is 14.1. The zero-order chi connectivity index (χ0) is 18.0. The summed E-state index contributed by atoms with van der Waals surface area (Å²) in [5.74, 6) is -0.709. The minimum atomic E-state index is -0.789. The fourth-order valence-corrected chi connectivity index (χ4v) is 2.66. The number of nitrogens with zero attached hydrogens (tertiary/aromatic N) is 2. The lowest BCUT2D eigenvalue weighted by atomic mass is 10.0. The molecule has 3 aromatic rings. The second kappa shape index (κ2) is 6.90. The predicted octanol–water partition coefficient (Wildman–Crippen LogP) is 2.44. The lowest BCUT2D eigenvalue weighted by molar-refractivity contribution is 0.0996. The molecule has 0 fully saturated rings. The molecule has 4 N–H and O–H groups in total. The van der Waals surface area contributed by atoms with E-state index in [4.69, 9.17) is 5.73 Å². The molecule has 130 valence electrons. The second-order valence-corrected chi connectivity index (χ2v) is 6.08. The number of primary amides is 1. The maximum atomic E-state index is 13.8. The minimum absolute atomic E-state index is 0.125. The van der Waals surface area contributed by atoms with Crippen LogP contribution in [-0.4, -0.2) is 48.0 Å². The largest absolute Gasteiger partial charge is 0.369 e. The standard InChI is InChI=1S/C18H20FN5O/c1-24(2)8-7-21-16-10-13(12-5-6-22-18(12)23-16)11-3-4-15(19)14(9-11)17(20)25/h3-6,9-10H,7-8H2,1-2H3,(H2,20,25)(H2,21,22,23). The topological polar surface area (TPSA) is 87.0 Å². The van der Waals surface area contributed by atoms with Crippen molar-refractivity contribution >= 4 is 22.8 Å². The molecule has 0 unspecified atom stereocenters. The van der Waals surface area contributed by atoms with E-state index in [0.717, 1.165) is 29.7 Å². The molecular weight excluding hydrogens is 321 g/mol. The number of benzene rings is 1. The van der Waals surface area contributed by atoms with Crippen molar-refractivity contribution in [1.29, 1.82) is 0 Å². The Hall–Kier alpha value is -2.93. The molecule has 2 heterocycles. The highest BCUT2D eigenvalue weighted by molar-refractivity contribution is 5.98. The van der Waals surface area contributed by atoms with Crippen molar-refractivity contribution in [3.63, 3.8) is 0 Å². The molecule has 25 heavy (non-hydrogen) atoms. The number of pyridine rings is 1. The number of anilines is 1. The average molecular weight is 341 g/mol. The smallest absolute Gasteiger partial charge is 0.251 e. The number of carbonyl (C=O) groups excluding carboxylic acids is 1. The third kappa shape index (κ3) is 3.61. The number of amides is 1. The number of nitrogens with two attached hydrogens (primary N) is 1. The Morgan fingerprint density at radius 3 is 2.84 bits per heavy atom. The molecular formula is C18H20FN5O. The molecule has 0 atom stereocenters. The van der Waals surface area contributed by atoms with Crippen molar-refractivity contribution in [3.05, 3.63) is 47.9 Å². The number of fused-ring (bicyclic) bond motifs is 1. The van der Waals surface area contributed by atoms with Crippen molar-refractivity contribution in [2.45, 2.75) is 0 Å². The Kier molecular flexibility index (Phi) is 4.67. The Balaban J connectivity index is 2.04. The number of nitrogens with one attached hydrogen (secondary N) is 2. The number of aromatic nitrogens is 2. The summed E-state index contributed by atoms with van der Waals surface area (Å²) in [7, 11) is 4.00. The van der Waals surface area contributed by atoms with E-state index in [0.29, 0.717) is 11.4 Å². The molecule has 3 rings (SSSR count). The van der Waals surface area contributed by atoms with Crippen molar-refractivity contribution in [1.82, 2.24) is 14.9 Å². The summed E-state index contributed by atoms with van der Waals surface area (Å²) in [6.07, 6.45) is 1.79. The van der Waals surface area contributed by atoms with Gasteiger partial charge in [0.05, 0.1) is 5.56 Å². The molecule has 2 aromatic heterocycles.